The van der Waals surface area contributed by atoms with Crippen molar-refractivity contribution in [3.8, 4) is 0 Å². The van der Waals surface area contributed by atoms with Gasteiger partial charge in [0.2, 0.25) is 5.91 Å². The molecule has 2 heterocycles. The summed E-state index contributed by atoms with van der Waals surface area (Å²) in [7, 11) is 0. The quantitative estimate of drug-likeness (QED) is 0.762. The van der Waals surface area contributed by atoms with E-state index in [1.807, 2.05) is 51.1 Å². The highest BCUT2D eigenvalue weighted by Gasteiger charge is 2.57. The summed E-state index contributed by atoms with van der Waals surface area (Å²) in [5, 5.41) is 12.7. The molecule has 2 saturated heterocycles. The average Bonchev–Trinajstić information content (AvgIpc) is 2.73. The predicted molar refractivity (Wildman–Crippen MR) is 115 cm³/mol. The van der Waals surface area contributed by atoms with E-state index in [2.05, 4.69) is 5.32 Å². The molecule has 2 aliphatic heterocycles. The third kappa shape index (κ3) is 4.78. The number of ether oxygens (including phenoxy) is 1. The van der Waals surface area contributed by atoms with Crippen molar-refractivity contribution >= 4 is 18.1 Å². The first-order valence-corrected chi connectivity index (χ1v) is 10.9. The number of hydrogen-bond donors (Lipinski definition) is 2. The van der Waals surface area contributed by atoms with Gasteiger partial charge in [0.1, 0.15) is 12.1 Å². The fourth-order valence-electron chi connectivity index (χ4n) is 4.80. The Morgan fingerprint density at radius 1 is 1.16 bits per heavy atom. The molecule has 1 aromatic carbocycles. The SMILES string of the molecule is CC(C)(C)C1(CC2CCN(C(=O)OCc3ccccc3)CC2)C(=O)NCCN1C(=O)O. The van der Waals surface area contributed by atoms with Crippen LogP contribution < -0.4 is 5.32 Å². The second-order valence-corrected chi connectivity index (χ2v) is 9.48. The van der Waals surface area contributed by atoms with Gasteiger partial charge in [0.25, 0.3) is 0 Å². The van der Waals surface area contributed by atoms with Crippen LogP contribution in [-0.2, 0) is 16.1 Å². The minimum Gasteiger partial charge on any atom is -0.465 e. The van der Waals surface area contributed by atoms with E-state index in [1.54, 1.807) is 4.90 Å². The fraction of sp³-hybridized carbons (Fsp3) is 0.609. The molecule has 1 atom stereocenters. The van der Waals surface area contributed by atoms with Crippen LogP contribution in [0.4, 0.5) is 9.59 Å². The molecule has 3 amide bonds. The maximum absolute atomic E-state index is 13.0. The van der Waals surface area contributed by atoms with Crippen LogP contribution in [-0.4, -0.2) is 64.7 Å². The van der Waals surface area contributed by atoms with Crippen LogP contribution in [0, 0.1) is 11.3 Å². The van der Waals surface area contributed by atoms with Gasteiger partial charge in [0.15, 0.2) is 0 Å². The zero-order chi connectivity index (χ0) is 22.6. The van der Waals surface area contributed by atoms with E-state index in [4.69, 9.17) is 4.74 Å². The number of rotatable bonds is 4. The van der Waals surface area contributed by atoms with Crippen molar-refractivity contribution in [1.29, 1.82) is 0 Å². The van der Waals surface area contributed by atoms with Crippen LogP contribution in [0.2, 0.25) is 0 Å². The molecule has 0 saturated carbocycles. The molecule has 2 N–H and O–H groups in total. The van der Waals surface area contributed by atoms with Crippen LogP contribution in [0.3, 0.4) is 0 Å². The van der Waals surface area contributed by atoms with E-state index < -0.39 is 17.0 Å². The lowest BCUT2D eigenvalue weighted by molar-refractivity contribution is -0.147. The van der Waals surface area contributed by atoms with Crippen molar-refractivity contribution in [3.63, 3.8) is 0 Å². The molecule has 2 aliphatic rings. The van der Waals surface area contributed by atoms with Crippen LogP contribution >= 0.6 is 0 Å². The van der Waals surface area contributed by atoms with Gasteiger partial charge in [-0.05, 0) is 36.2 Å². The van der Waals surface area contributed by atoms with Gasteiger partial charge in [-0.15, -0.1) is 0 Å². The number of carbonyl (C=O) groups excluding carboxylic acids is 2. The summed E-state index contributed by atoms with van der Waals surface area (Å²) < 4.78 is 5.43. The monoisotopic (exact) mass is 431 g/mol. The van der Waals surface area contributed by atoms with Crippen molar-refractivity contribution in [2.75, 3.05) is 26.2 Å². The van der Waals surface area contributed by atoms with Crippen molar-refractivity contribution in [3.05, 3.63) is 35.9 Å². The number of amides is 3. The van der Waals surface area contributed by atoms with Crippen molar-refractivity contribution < 1.29 is 24.2 Å². The van der Waals surface area contributed by atoms with E-state index >= 15 is 0 Å². The Balaban J connectivity index is 1.63. The van der Waals surface area contributed by atoms with Crippen LogP contribution in [0.5, 0.6) is 0 Å². The molecule has 31 heavy (non-hydrogen) atoms. The molecule has 1 unspecified atom stereocenters. The molecule has 0 spiro atoms. The molecule has 2 fully saturated rings. The fourth-order valence-corrected chi connectivity index (χ4v) is 4.80. The van der Waals surface area contributed by atoms with Crippen LogP contribution in [0.1, 0.15) is 45.6 Å². The second kappa shape index (κ2) is 9.16. The van der Waals surface area contributed by atoms with Gasteiger partial charge in [-0.3, -0.25) is 9.69 Å². The molecule has 0 radical (unpaired) electrons. The summed E-state index contributed by atoms with van der Waals surface area (Å²) in [6.45, 7) is 7.68. The van der Waals surface area contributed by atoms with Crippen molar-refractivity contribution in [2.45, 2.75) is 52.2 Å². The number of piperidine rings is 1. The first-order chi connectivity index (χ1) is 14.6. The highest BCUT2D eigenvalue weighted by atomic mass is 16.6. The van der Waals surface area contributed by atoms with Gasteiger partial charge in [0.05, 0.1) is 0 Å². The number of benzene rings is 1. The highest BCUT2D eigenvalue weighted by Crippen LogP contribution is 2.44. The van der Waals surface area contributed by atoms with Crippen LogP contribution in [0.25, 0.3) is 0 Å². The maximum atomic E-state index is 13.0. The summed E-state index contributed by atoms with van der Waals surface area (Å²) >= 11 is 0. The number of nitrogens with zero attached hydrogens (tertiary/aromatic N) is 2. The number of likely N-dealkylation sites (tertiary alicyclic amines) is 1. The largest absolute Gasteiger partial charge is 0.465 e. The van der Waals surface area contributed by atoms with E-state index in [1.165, 1.54) is 4.90 Å². The van der Waals surface area contributed by atoms with Gasteiger partial charge in [-0.25, -0.2) is 9.59 Å². The molecular weight excluding hydrogens is 398 g/mol. The van der Waals surface area contributed by atoms with Gasteiger partial charge < -0.3 is 20.1 Å². The normalized spacial score (nSPS) is 22.7. The standard InChI is InChI=1S/C23H33N3O5/c1-22(2,3)23(19(27)24-11-14-26(23)20(28)29)15-17-9-12-25(13-10-17)21(30)31-16-18-7-5-4-6-8-18/h4-8,17H,9-16H2,1-3H3,(H,24,27)(H,28,29). The molecule has 0 bridgehead atoms. The number of nitrogens with one attached hydrogen (secondary N) is 1. The molecular formula is C23H33N3O5. The third-order valence-corrected chi connectivity index (χ3v) is 6.59. The van der Waals surface area contributed by atoms with Gasteiger partial charge >= 0.3 is 12.2 Å². The van der Waals surface area contributed by atoms with Gasteiger partial charge in [0, 0.05) is 26.2 Å². The Hall–Kier alpha value is -2.77. The van der Waals surface area contributed by atoms with E-state index in [9.17, 15) is 19.5 Å². The second-order valence-electron chi connectivity index (χ2n) is 9.48. The summed E-state index contributed by atoms with van der Waals surface area (Å²) in [6.07, 6.45) is 0.460. The maximum Gasteiger partial charge on any atom is 0.410 e. The lowest BCUT2D eigenvalue weighted by Crippen LogP contribution is -2.72. The van der Waals surface area contributed by atoms with Crippen molar-refractivity contribution in [1.82, 2.24) is 15.1 Å². The lowest BCUT2D eigenvalue weighted by Gasteiger charge is -2.53. The molecule has 3 rings (SSSR count). The third-order valence-electron chi connectivity index (χ3n) is 6.59. The summed E-state index contributed by atoms with van der Waals surface area (Å²) in [6, 6.07) is 9.55. The Morgan fingerprint density at radius 3 is 2.39 bits per heavy atom. The number of carboxylic acid groups (broad SMARTS) is 1. The molecule has 1 aromatic rings. The first-order valence-electron chi connectivity index (χ1n) is 10.9. The smallest absolute Gasteiger partial charge is 0.410 e. The minimum atomic E-state index is -1.13. The number of piperazine rings is 1. The number of hydrogen-bond acceptors (Lipinski definition) is 4. The Labute approximate surface area is 183 Å². The summed E-state index contributed by atoms with van der Waals surface area (Å²) in [5.74, 6) is -0.0820. The van der Waals surface area contributed by atoms with Crippen molar-refractivity contribution in [2.24, 2.45) is 11.3 Å². The molecule has 8 nitrogen and oxygen atoms in total. The summed E-state index contributed by atoms with van der Waals surface area (Å²) in [4.78, 5) is 40.5. The highest BCUT2D eigenvalue weighted by molar-refractivity contribution is 5.91. The molecule has 0 aliphatic carbocycles. The Morgan fingerprint density at radius 2 is 1.81 bits per heavy atom. The van der Waals surface area contributed by atoms with Gasteiger partial charge in [-0.1, -0.05) is 51.1 Å². The first kappa shape index (κ1) is 22.9. The molecule has 170 valence electrons. The van der Waals surface area contributed by atoms with E-state index in [0.717, 1.165) is 5.56 Å². The minimum absolute atomic E-state index is 0.142. The lowest BCUT2D eigenvalue weighted by atomic mass is 9.65. The van der Waals surface area contributed by atoms with E-state index in [0.29, 0.717) is 38.9 Å². The van der Waals surface area contributed by atoms with Gasteiger partial charge in [-0.2, -0.15) is 0 Å². The zero-order valence-corrected chi connectivity index (χ0v) is 18.6. The topological polar surface area (TPSA) is 99.2 Å². The Kier molecular flexibility index (Phi) is 6.77. The molecule has 0 aromatic heterocycles. The zero-order valence-electron chi connectivity index (χ0n) is 18.6. The number of carbonyl (C=O) groups is 3. The van der Waals surface area contributed by atoms with Crippen LogP contribution in [0.15, 0.2) is 30.3 Å². The Bertz CT molecular complexity index is 799. The predicted octanol–water partition coefficient (Wildman–Crippen LogP) is 3.32. The molecule has 8 heteroatoms. The average molecular weight is 432 g/mol. The van der Waals surface area contributed by atoms with E-state index in [-0.39, 0.29) is 31.1 Å². The summed E-state index contributed by atoms with van der Waals surface area (Å²) in [5.41, 5.74) is -0.755.